The number of hydrogen-bond acceptors (Lipinski definition) is 2. The van der Waals surface area contributed by atoms with Crippen molar-refractivity contribution in [1.29, 1.82) is 0 Å². The molecule has 3 nitrogen and oxygen atoms in total. The van der Waals surface area contributed by atoms with Crippen molar-refractivity contribution >= 4 is 16.6 Å². The van der Waals surface area contributed by atoms with Crippen molar-refractivity contribution in [2.24, 2.45) is 10.7 Å². The molecular weight excluding hydrogens is 148 g/mol. The highest BCUT2D eigenvalue weighted by atomic mass is 32.2. The van der Waals surface area contributed by atoms with E-state index >= 15 is 0 Å². The molecule has 0 saturated heterocycles. The maximum atomic E-state index is 10.5. The lowest BCUT2D eigenvalue weighted by Gasteiger charge is -1.93. The number of nitrogens with zero attached hydrogens (tertiary/aromatic N) is 1. The smallest absolute Gasteiger partial charge is 0.0905 e. The fraction of sp³-hybridized carbons (Fsp3) is 0.833. The number of amidine groups is 1. The summed E-state index contributed by atoms with van der Waals surface area (Å²) >= 11 is 0. The summed E-state index contributed by atoms with van der Waals surface area (Å²) in [4.78, 5) is 3.96. The Bertz CT molecular complexity index is 141. The lowest BCUT2D eigenvalue weighted by Crippen LogP contribution is -2.07. The molecule has 0 aliphatic rings. The zero-order valence-electron chi connectivity index (χ0n) is 6.46. The van der Waals surface area contributed by atoms with Crippen molar-refractivity contribution in [3.8, 4) is 0 Å². The van der Waals surface area contributed by atoms with Gasteiger partial charge in [0.15, 0.2) is 0 Å². The molecule has 0 aliphatic heterocycles. The fourth-order valence-corrected chi connectivity index (χ4v) is 1.06. The molecule has 1 unspecified atom stereocenters. The van der Waals surface area contributed by atoms with E-state index in [2.05, 4.69) is 4.99 Å². The number of aliphatic imine (C=N–C) groups is 1. The van der Waals surface area contributed by atoms with Gasteiger partial charge in [0, 0.05) is 29.4 Å². The van der Waals surface area contributed by atoms with Crippen LogP contribution in [0.1, 0.15) is 13.3 Å². The van der Waals surface area contributed by atoms with Crippen LogP contribution in [0.2, 0.25) is 0 Å². The normalized spacial score (nSPS) is 15.2. The van der Waals surface area contributed by atoms with Crippen LogP contribution >= 0.6 is 0 Å². The molecule has 0 aromatic carbocycles. The van der Waals surface area contributed by atoms with Crippen molar-refractivity contribution in [3.05, 3.63) is 0 Å². The Morgan fingerprint density at radius 1 is 1.70 bits per heavy atom. The molecule has 10 heavy (non-hydrogen) atoms. The first-order chi connectivity index (χ1) is 4.63. The highest BCUT2D eigenvalue weighted by Crippen LogP contribution is 1.84. The molecule has 0 saturated carbocycles. The molecule has 4 heteroatoms. The summed E-state index contributed by atoms with van der Waals surface area (Å²) in [6.07, 6.45) is 2.55. The second-order valence-electron chi connectivity index (χ2n) is 2.15. The van der Waals surface area contributed by atoms with E-state index in [0.717, 1.165) is 12.2 Å². The Morgan fingerprint density at radius 2 is 2.30 bits per heavy atom. The average Bonchev–Trinajstić information content (AvgIpc) is 1.79. The summed E-state index contributed by atoms with van der Waals surface area (Å²) in [6.45, 7) is 2.45. The van der Waals surface area contributed by atoms with E-state index in [9.17, 15) is 4.21 Å². The zero-order valence-corrected chi connectivity index (χ0v) is 7.28. The lowest BCUT2D eigenvalue weighted by molar-refractivity contribution is 0.684. The molecular formula is C6H14N2OS. The maximum absolute atomic E-state index is 10.5. The standard InChI is InChI=1S/C6H14N2OS/c1-6(7)8-4-3-5-10(2)9/h3-5H2,1-2H3,(H2,7,8). The number of nitrogens with two attached hydrogens (primary N) is 1. The van der Waals surface area contributed by atoms with Crippen LogP contribution in [-0.2, 0) is 10.8 Å². The first-order valence-corrected chi connectivity index (χ1v) is 4.92. The van der Waals surface area contributed by atoms with Gasteiger partial charge in [-0.3, -0.25) is 9.20 Å². The van der Waals surface area contributed by atoms with Gasteiger partial charge in [0.1, 0.15) is 0 Å². The first-order valence-electron chi connectivity index (χ1n) is 3.19. The predicted octanol–water partition coefficient (Wildman–Crippen LogP) is 0.132. The topological polar surface area (TPSA) is 55.4 Å². The van der Waals surface area contributed by atoms with Gasteiger partial charge >= 0.3 is 0 Å². The third-order valence-electron chi connectivity index (χ3n) is 0.951. The van der Waals surface area contributed by atoms with E-state index in [1.807, 2.05) is 0 Å². The van der Waals surface area contributed by atoms with Gasteiger partial charge < -0.3 is 5.73 Å². The van der Waals surface area contributed by atoms with Gasteiger partial charge in [-0.05, 0) is 13.3 Å². The summed E-state index contributed by atoms with van der Waals surface area (Å²) in [6, 6.07) is 0. The molecule has 0 aromatic rings. The van der Waals surface area contributed by atoms with Crippen molar-refractivity contribution in [2.75, 3.05) is 18.6 Å². The molecule has 0 rings (SSSR count). The van der Waals surface area contributed by atoms with Crippen molar-refractivity contribution < 1.29 is 4.21 Å². The van der Waals surface area contributed by atoms with Crippen molar-refractivity contribution in [3.63, 3.8) is 0 Å². The minimum Gasteiger partial charge on any atom is -0.388 e. The third-order valence-corrected chi connectivity index (χ3v) is 1.81. The van der Waals surface area contributed by atoms with Gasteiger partial charge in [-0.1, -0.05) is 0 Å². The van der Waals surface area contributed by atoms with Gasteiger partial charge in [0.2, 0.25) is 0 Å². The van der Waals surface area contributed by atoms with Crippen molar-refractivity contribution in [1.82, 2.24) is 0 Å². The Kier molecular flexibility index (Phi) is 5.20. The van der Waals surface area contributed by atoms with E-state index in [-0.39, 0.29) is 0 Å². The first kappa shape index (κ1) is 9.62. The molecule has 0 amide bonds. The Morgan fingerprint density at radius 3 is 2.70 bits per heavy atom. The fourth-order valence-electron chi connectivity index (χ4n) is 0.523. The number of rotatable bonds is 4. The van der Waals surface area contributed by atoms with Crippen LogP contribution in [-0.4, -0.2) is 28.6 Å². The predicted molar refractivity (Wildman–Crippen MR) is 45.7 cm³/mol. The molecule has 0 radical (unpaired) electrons. The Hall–Kier alpha value is -0.380. The molecule has 0 heterocycles. The molecule has 0 bridgehead atoms. The minimum absolute atomic E-state index is 0.599. The van der Waals surface area contributed by atoms with E-state index in [1.54, 1.807) is 13.2 Å². The van der Waals surface area contributed by atoms with Gasteiger partial charge in [0.25, 0.3) is 0 Å². The van der Waals surface area contributed by atoms with Crippen LogP contribution in [0, 0.1) is 0 Å². The largest absolute Gasteiger partial charge is 0.388 e. The van der Waals surface area contributed by atoms with Crippen LogP contribution in [0.4, 0.5) is 0 Å². The number of hydrogen-bond donors (Lipinski definition) is 1. The van der Waals surface area contributed by atoms with E-state index in [0.29, 0.717) is 12.4 Å². The molecule has 0 aromatic heterocycles. The molecule has 60 valence electrons. The lowest BCUT2D eigenvalue weighted by atomic mass is 10.5. The van der Waals surface area contributed by atoms with E-state index in [1.165, 1.54) is 0 Å². The second kappa shape index (κ2) is 5.41. The van der Waals surface area contributed by atoms with Gasteiger partial charge in [-0.2, -0.15) is 0 Å². The molecule has 0 aliphatic carbocycles. The monoisotopic (exact) mass is 162 g/mol. The second-order valence-corrected chi connectivity index (χ2v) is 3.71. The highest BCUT2D eigenvalue weighted by Gasteiger charge is 1.89. The Balaban J connectivity index is 3.21. The van der Waals surface area contributed by atoms with Crippen LogP contribution in [0.3, 0.4) is 0 Å². The average molecular weight is 162 g/mol. The molecule has 1 atom stereocenters. The highest BCUT2D eigenvalue weighted by molar-refractivity contribution is 7.84. The maximum Gasteiger partial charge on any atom is 0.0905 e. The SMILES string of the molecule is CC(N)=NCCCS(C)=O. The summed E-state index contributed by atoms with van der Waals surface area (Å²) in [7, 11) is -0.690. The summed E-state index contributed by atoms with van der Waals surface area (Å²) < 4.78 is 10.5. The molecule has 2 N–H and O–H groups in total. The third kappa shape index (κ3) is 7.62. The molecule has 0 fully saturated rings. The van der Waals surface area contributed by atoms with Crippen LogP contribution < -0.4 is 5.73 Å². The van der Waals surface area contributed by atoms with Crippen LogP contribution in [0.15, 0.2) is 4.99 Å². The quantitative estimate of drug-likeness (QED) is 0.363. The van der Waals surface area contributed by atoms with E-state index < -0.39 is 10.8 Å². The zero-order chi connectivity index (χ0) is 7.98. The van der Waals surface area contributed by atoms with Crippen LogP contribution in [0.25, 0.3) is 0 Å². The van der Waals surface area contributed by atoms with E-state index in [4.69, 9.17) is 5.73 Å². The Labute approximate surface area is 64.2 Å². The van der Waals surface area contributed by atoms with Gasteiger partial charge in [-0.15, -0.1) is 0 Å². The molecule has 0 spiro atoms. The summed E-state index contributed by atoms with van der Waals surface area (Å²) in [5.41, 5.74) is 5.28. The van der Waals surface area contributed by atoms with Gasteiger partial charge in [-0.25, -0.2) is 0 Å². The summed E-state index contributed by atoms with van der Waals surface area (Å²) in [5.74, 6) is 1.32. The minimum atomic E-state index is -0.690. The van der Waals surface area contributed by atoms with Crippen molar-refractivity contribution in [2.45, 2.75) is 13.3 Å². The van der Waals surface area contributed by atoms with Gasteiger partial charge in [0.05, 0.1) is 5.84 Å². The summed E-state index contributed by atoms with van der Waals surface area (Å²) in [5, 5.41) is 0. The van der Waals surface area contributed by atoms with Crippen LogP contribution in [0.5, 0.6) is 0 Å².